The monoisotopic (exact) mass is 487 g/mol. The van der Waals surface area contributed by atoms with Gasteiger partial charge in [0.15, 0.2) is 5.75 Å². The molecule has 6 nitrogen and oxygen atoms in total. The third kappa shape index (κ3) is 6.29. The first-order valence-corrected chi connectivity index (χ1v) is 10.0. The standard InChI is InChI=1S/C19H20BrCl2N3O3/c1-3-28-19-13(20)7-12(21)8-16(19)23-9-17(26)24-10-18(27)25-15-6-4-5-14(22)11(15)2/h4-8,23H,3,9-10H2,1-2H3,(H,24,26)(H,25,27). The van der Waals surface area contributed by atoms with E-state index in [0.717, 1.165) is 5.56 Å². The number of amides is 2. The third-order valence-electron chi connectivity index (χ3n) is 3.72. The zero-order valence-corrected chi connectivity index (χ0v) is 18.5. The molecule has 0 saturated heterocycles. The van der Waals surface area contributed by atoms with E-state index in [0.29, 0.717) is 38.2 Å². The first kappa shape index (κ1) is 22.3. The number of anilines is 2. The average molecular weight is 489 g/mol. The summed E-state index contributed by atoms with van der Waals surface area (Å²) in [5.41, 5.74) is 1.95. The van der Waals surface area contributed by atoms with Gasteiger partial charge in [0.05, 0.1) is 29.9 Å². The van der Waals surface area contributed by atoms with Gasteiger partial charge in [-0.05, 0) is 59.6 Å². The minimum absolute atomic E-state index is 0.0453. The quantitative estimate of drug-likeness (QED) is 0.506. The van der Waals surface area contributed by atoms with E-state index < -0.39 is 0 Å². The predicted octanol–water partition coefficient (Wildman–Crippen LogP) is 4.63. The van der Waals surface area contributed by atoms with Crippen molar-refractivity contribution < 1.29 is 14.3 Å². The third-order valence-corrected chi connectivity index (χ3v) is 4.94. The summed E-state index contributed by atoms with van der Waals surface area (Å²) >= 11 is 15.5. The molecule has 0 bridgehead atoms. The molecule has 0 aromatic heterocycles. The fourth-order valence-corrected chi connectivity index (χ4v) is 3.44. The number of carbonyl (C=O) groups excluding carboxylic acids is 2. The lowest BCUT2D eigenvalue weighted by Crippen LogP contribution is -2.36. The molecule has 28 heavy (non-hydrogen) atoms. The molecule has 0 aliphatic rings. The zero-order valence-electron chi connectivity index (χ0n) is 15.4. The normalized spacial score (nSPS) is 10.3. The molecule has 0 saturated carbocycles. The zero-order chi connectivity index (χ0) is 20.7. The molecular formula is C19H20BrCl2N3O3. The van der Waals surface area contributed by atoms with Crippen LogP contribution in [-0.4, -0.2) is 31.5 Å². The number of benzene rings is 2. The lowest BCUT2D eigenvalue weighted by atomic mass is 10.2. The largest absolute Gasteiger partial charge is 0.491 e. The van der Waals surface area contributed by atoms with Crippen LogP contribution in [0.5, 0.6) is 5.75 Å². The number of hydrogen-bond donors (Lipinski definition) is 3. The summed E-state index contributed by atoms with van der Waals surface area (Å²) < 4.78 is 6.25. The molecule has 0 atom stereocenters. The van der Waals surface area contributed by atoms with Gasteiger partial charge in [-0.15, -0.1) is 0 Å². The molecule has 3 N–H and O–H groups in total. The van der Waals surface area contributed by atoms with Gasteiger partial charge in [0.25, 0.3) is 0 Å². The molecule has 0 unspecified atom stereocenters. The maximum absolute atomic E-state index is 12.1. The lowest BCUT2D eigenvalue weighted by molar-refractivity contribution is -0.122. The van der Waals surface area contributed by atoms with Crippen molar-refractivity contribution >= 4 is 62.3 Å². The molecule has 0 heterocycles. The van der Waals surface area contributed by atoms with Crippen molar-refractivity contribution in [2.45, 2.75) is 13.8 Å². The number of ether oxygens (including phenoxy) is 1. The molecule has 0 fully saturated rings. The molecule has 2 aromatic rings. The minimum Gasteiger partial charge on any atom is -0.491 e. The summed E-state index contributed by atoms with van der Waals surface area (Å²) in [6.07, 6.45) is 0. The van der Waals surface area contributed by atoms with E-state index in [9.17, 15) is 9.59 Å². The Morgan fingerprint density at radius 1 is 1.11 bits per heavy atom. The Hall–Kier alpha value is -1.96. The lowest BCUT2D eigenvalue weighted by Gasteiger charge is -2.15. The second-order valence-corrected chi connectivity index (χ2v) is 7.49. The van der Waals surface area contributed by atoms with E-state index in [2.05, 4.69) is 31.9 Å². The van der Waals surface area contributed by atoms with Crippen LogP contribution in [0.2, 0.25) is 10.0 Å². The van der Waals surface area contributed by atoms with Gasteiger partial charge in [-0.1, -0.05) is 29.3 Å². The summed E-state index contributed by atoms with van der Waals surface area (Å²) in [5, 5.41) is 9.30. The molecule has 2 aromatic carbocycles. The van der Waals surface area contributed by atoms with Gasteiger partial charge in [-0.3, -0.25) is 9.59 Å². The second-order valence-electron chi connectivity index (χ2n) is 5.79. The SMILES string of the molecule is CCOc1c(Br)cc(Cl)cc1NCC(=O)NCC(=O)Nc1cccc(Cl)c1C. The molecule has 2 amide bonds. The van der Waals surface area contributed by atoms with E-state index in [1.165, 1.54) is 0 Å². The first-order chi connectivity index (χ1) is 13.3. The molecular weight excluding hydrogens is 469 g/mol. The van der Waals surface area contributed by atoms with Crippen LogP contribution in [0, 0.1) is 6.92 Å². The Kier molecular flexibility index (Phi) is 8.41. The molecule has 150 valence electrons. The smallest absolute Gasteiger partial charge is 0.243 e. The van der Waals surface area contributed by atoms with Gasteiger partial charge >= 0.3 is 0 Å². The van der Waals surface area contributed by atoms with Crippen LogP contribution >= 0.6 is 39.1 Å². The number of rotatable bonds is 8. The molecule has 0 aliphatic carbocycles. The molecule has 0 aliphatic heterocycles. The van der Waals surface area contributed by atoms with Crippen LogP contribution in [0.1, 0.15) is 12.5 Å². The van der Waals surface area contributed by atoms with Crippen molar-refractivity contribution in [3.8, 4) is 5.75 Å². The Balaban J connectivity index is 1.88. The Morgan fingerprint density at radius 2 is 1.86 bits per heavy atom. The van der Waals surface area contributed by atoms with Crippen molar-refractivity contribution in [1.29, 1.82) is 0 Å². The van der Waals surface area contributed by atoms with Gasteiger partial charge in [0.2, 0.25) is 11.8 Å². The highest BCUT2D eigenvalue weighted by Crippen LogP contribution is 2.36. The predicted molar refractivity (Wildman–Crippen MR) is 117 cm³/mol. The average Bonchev–Trinajstić information content (AvgIpc) is 2.64. The fourth-order valence-electron chi connectivity index (χ4n) is 2.34. The van der Waals surface area contributed by atoms with Gasteiger partial charge in [0, 0.05) is 15.7 Å². The van der Waals surface area contributed by atoms with Gasteiger partial charge in [-0.25, -0.2) is 0 Å². The van der Waals surface area contributed by atoms with Crippen molar-refractivity contribution in [3.63, 3.8) is 0 Å². The van der Waals surface area contributed by atoms with Gasteiger partial charge < -0.3 is 20.7 Å². The Morgan fingerprint density at radius 3 is 2.57 bits per heavy atom. The highest BCUT2D eigenvalue weighted by molar-refractivity contribution is 9.10. The van der Waals surface area contributed by atoms with E-state index in [-0.39, 0.29) is 24.9 Å². The van der Waals surface area contributed by atoms with E-state index in [1.54, 1.807) is 37.3 Å². The van der Waals surface area contributed by atoms with Crippen LogP contribution in [0.4, 0.5) is 11.4 Å². The number of halogens is 3. The number of nitrogens with one attached hydrogen (secondary N) is 3. The summed E-state index contributed by atoms with van der Waals surface area (Å²) in [4.78, 5) is 24.1. The highest BCUT2D eigenvalue weighted by Gasteiger charge is 2.12. The topological polar surface area (TPSA) is 79.5 Å². The molecule has 9 heteroatoms. The van der Waals surface area contributed by atoms with Crippen LogP contribution in [-0.2, 0) is 9.59 Å². The van der Waals surface area contributed by atoms with Gasteiger partial charge in [-0.2, -0.15) is 0 Å². The van der Waals surface area contributed by atoms with Crippen molar-refractivity contribution in [2.75, 3.05) is 30.3 Å². The van der Waals surface area contributed by atoms with Gasteiger partial charge in [0.1, 0.15) is 0 Å². The second kappa shape index (κ2) is 10.5. The molecule has 0 spiro atoms. The van der Waals surface area contributed by atoms with Crippen LogP contribution < -0.4 is 20.7 Å². The van der Waals surface area contributed by atoms with Crippen molar-refractivity contribution in [3.05, 3.63) is 50.4 Å². The maximum Gasteiger partial charge on any atom is 0.243 e. The highest BCUT2D eigenvalue weighted by atomic mass is 79.9. The van der Waals surface area contributed by atoms with Crippen molar-refractivity contribution in [1.82, 2.24) is 5.32 Å². The summed E-state index contributed by atoms with van der Waals surface area (Å²) in [6.45, 7) is 3.92. The van der Waals surface area contributed by atoms with Crippen LogP contribution in [0.3, 0.4) is 0 Å². The van der Waals surface area contributed by atoms with E-state index in [4.69, 9.17) is 27.9 Å². The minimum atomic E-state index is -0.350. The molecule has 0 radical (unpaired) electrons. The summed E-state index contributed by atoms with van der Waals surface area (Å²) in [6, 6.07) is 8.60. The van der Waals surface area contributed by atoms with E-state index >= 15 is 0 Å². The molecule has 2 rings (SSSR count). The first-order valence-electron chi connectivity index (χ1n) is 8.49. The van der Waals surface area contributed by atoms with Crippen LogP contribution in [0.25, 0.3) is 0 Å². The number of hydrogen-bond acceptors (Lipinski definition) is 4. The number of carbonyl (C=O) groups is 2. The summed E-state index contributed by atoms with van der Waals surface area (Å²) in [7, 11) is 0. The summed E-state index contributed by atoms with van der Waals surface area (Å²) in [5.74, 6) is -0.135. The van der Waals surface area contributed by atoms with Crippen LogP contribution in [0.15, 0.2) is 34.8 Å². The van der Waals surface area contributed by atoms with E-state index in [1.807, 2.05) is 6.92 Å². The van der Waals surface area contributed by atoms with Crippen molar-refractivity contribution in [2.24, 2.45) is 0 Å². The Bertz CT molecular complexity index is 878. The fraction of sp³-hybridized carbons (Fsp3) is 0.263. The maximum atomic E-state index is 12.1. The Labute approximate surface area is 182 Å².